The normalized spacial score (nSPS) is 12.7. The molecule has 0 atom stereocenters. The van der Waals surface area contributed by atoms with Crippen molar-refractivity contribution in [2.45, 2.75) is 52.9 Å². The highest BCUT2D eigenvalue weighted by molar-refractivity contribution is 6.06. The lowest BCUT2D eigenvalue weighted by molar-refractivity contribution is 0.0760. The quantitative estimate of drug-likeness (QED) is 0.586. The van der Waals surface area contributed by atoms with E-state index in [1.165, 1.54) is 7.11 Å². The fourth-order valence-corrected chi connectivity index (χ4v) is 3.80. The average molecular weight is 465 g/mol. The van der Waals surface area contributed by atoms with Gasteiger partial charge in [-0.05, 0) is 63.1 Å². The highest BCUT2D eigenvalue weighted by Crippen LogP contribution is 2.31. The molecule has 4 rings (SSSR count). The minimum atomic E-state index is -0.383. The van der Waals surface area contributed by atoms with Gasteiger partial charge in [0.05, 0.1) is 18.8 Å². The monoisotopic (exact) mass is 464 g/mol. The third kappa shape index (κ3) is 4.70. The number of carbonyl (C=O) groups is 2. The third-order valence-electron chi connectivity index (χ3n) is 5.43. The number of fused-ring (bicyclic) bond motifs is 1. The number of nitrogens with zero attached hydrogens (tertiary/aromatic N) is 5. The summed E-state index contributed by atoms with van der Waals surface area (Å²) in [6, 6.07) is 9.04. The van der Waals surface area contributed by atoms with Gasteiger partial charge >= 0.3 is 6.09 Å². The van der Waals surface area contributed by atoms with Crippen molar-refractivity contribution in [3.8, 4) is 17.3 Å². The molecule has 1 aliphatic rings. The molecule has 2 aromatic heterocycles. The van der Waals surface area contributed by atoms with Crippen molar-refractivity contribution < 1.29 is 19.1 Å². The number of rotatable bonds is 6. The lowest BCUT2D eigenvalue weighted by atomic mass is 10.0. The topological polar surface area (TPSA) is 111 Å². The van der Waals surface area contributed by atoms with Crippen LogP contribution in [0, 0.1) is 0 Å². The molecule has 0 spiro atoms. The van der Waals surface area contributed by atoms with Gasteiger partial charge < -0.3 is 19.4 Å². The molecule has 0 unspecified atom stereocenters. The highest BCUT2D eigenvalue weighted by Gasteiger charge is 2.28. The largest absolute Gasteiger partial charge is 0.496 e. The summed E-state index contributed by atoms with van der Waals surface area (Å²) in [7, 11) is 1.51. The van der Waals surface area contributed by atoms with Crippen LogP contribution in [0.3, 0.4) is 0 Å². The zero-order valence-corrected chi connectivity index (χ0v) is 19.9. The molecule has 0 saturated heterocycles. The smallest absolute Gasteiger partial charge is 0.410 e. The van der Waals surface area contributed by atoms with Crippen LogP contribution in [0.15, 0.2) is 36.7 Å². The second-order valence-corrected chi connectivity index (χ2v) is 8.63. The number of nitrogens with one attached hydrogen (secondary N) is 1. The van der Waals surface area contributed by atoms with Crippen LogP contribution in [0.25, 0.3) is 11.5 Å². The van der Waals surface area contributed by atoms with E-state index in [-0.39, 0.29) is 24.1 Å². The zero-order valence-electron chi connectivity index (χ0n) is 19.9. The van der Waals surface area contributed by atoms with Crippen molar-refractivity contribution in [2.75, 3.05) is 12.4 Å². The first kappa shape index (κ1) is 23.2. The van der Waals surface area contributed by atoms with E-state index in [1.54, 1.807) is 35.5 Å². The molecule has 1 aliphatic heterocycles. The fourth-order valence-electron chi connectivity index (χ4n) is 3.80. The van der Waals surface area contributed by atoms with Gasteiger partial charge in [-0.2, -0.15) is 0 Å². The second kappa shape index (κ2) is 9.50. The Balaban J connectivity index is 1.56. The van der Waals surface area contributed by atoms with Gasteiger partial charge in [0.15, 0.2) is 5.82 Å². The first-order valence-electron chi connectivity index (χ1n) is 11.1. The maximum absolute atomic E-state index is 13.2. The Morgan fingerprint density at radius 2 is 1.82 bits per heavy atom. The first-order chi connectivity index (χ1) is 16.3. The molecule has 3 aromatic rings. The van der Waals surface area contributed by atoms with Gasteiger partial charge in [0.25, 0.3) is 5.91 Å². The number of methoxy groups -OCH3 is 1. The summed E-state index contributed by atoms with van der Waals surface area (Å²) in [5.41, 5.74) is 2.75. The lowest BCUT2D eigenvalue weighted by Crippen LogP contribution is -2.28. The summed E-state index contributed by atoms with van der Waals surface area (Å²) in [5, 5.41) is 11.0. The Hall–Kier alpha value is -3.95. The van der Waals surface area contributed by atoms with Crippen molar-refractivity contribution in [3.05, 3.63) is 53.3 Å². The number of hydrogen-bond acceptors (Lipinski definition) is 7. The maximum atomic E-state index is 13.2. The van der Waals surface area contributed by atoms with Crippen LogP contribution in [-0.2, 0) is 17.8 Å². The number of aromatic nitrogens is 4. The van der Waals surface area contributed by atoms with Crippen molar-refractivity contribution in [2.24, 2.45) is 0 Å². The predicted octanol–water partition coefficient (Wildman–Crippen LogP) is 4.04. The van der Waals surface area contributed by atoms with E-state index in [4.69, 9.17) is 9.47 Å². The molecule has 34 heavy (non-hydrogen) atoms. The third-order valence-corrected chi connectivity index (χ3v) is 5.43. The van der Waals surface area contributed by atoms with Crippen molar-refractivity contribution >= 4 is 17.8 Å². The van der Waals surface area contributed by atoms with Crippen LogP contribution in [0.1, 0.15) is 55.2 Å². The fraction of sp³-hybridized carbons (Fsp3) is 0.375. The van der Waals surface area contributed by atoms with Gasteiger partial charge in [-0.1, -0.05) is 6.07 Å². The van der Waals surface area contributed by atoms with Crippen LogP contribution < -0.4 is 10.1 Å². The lowest BCUT2D eigenvalue weighted by Gasteiger charge is -2.17. The van der Waals surface area contributed by atoms with Crippen LogP contribution in [-0.4, -0.2) is 49.9 Å². The van der Waals surface area contributed by atoms with Crippen molar-refractivity contribution in [3.63, 3.8) is 0 Å². The Morgan fingerprint density at radius 1 is 1.09 bits per heavy atom. The highest BCUT2D eigenvalue weighted by atomic mass is 16.6. The minimum absolute atomic E-state index is 0.165. The standard InChI is InChI=1S/C24H28N6O4/c1-14(2)30-13-25-28-22(30)19-7-6-8-21(26-19)27-23(31)18-9-16-11-29(24(32)34-15(3)4)12-17(16)10-20(18)33-5/h6-10,13-15H,11-12H2,1-5H3,(H,26,27,31). The van der Waals surface area contributed by atoms with E-state index in [9.17, 15) is 9.59 Å². The molecule has 2 amide bonds. The molecule has 1 aromatic carbocycles. The molecule has 3 heterocycles. The number of ether oxygens (including phenoxy) is 2. The molecule has 10 heteroatoms. The number of carbonyl (C=O) groups excluding carboxylic acids is 2. The van der Waals surface area contributed by atoms with Crippen molar-refractivity contribution in [1.82, 2.24) is 24.6 Å². The Morgan fingerprint density at radius 3 is 2.50 bits per heavy atom. The average Bonchev–Trinajstić information content (AvgIpc) is 3.45. The number of hydrogen-bond donors (Lipinski definition) is 1. The summed E-state index contributed by atoms with van der Waals surface area (Å²) in [4.78, 5) is 31.6. The summed E-state index contributed by atoms with van der Waals surface area (Å²) < 4.78 is 12.7. The molecular weight excluding hydrogens is 436 g/mol. The van der Waals surface area contributed by atoms with Crippen LogP contribution in [0.4, 0.5) is 10.6 Å². The van der Waals surface area contributed by atoms with Crippen molar-refractivity contribution in [1.29, 1.82) is 0 Å². The summed E-state index contributed by atoms with van der Waals surface area (Å²) in [6.45, 7) is 8.44. The van der Waals surface area contributed by atoms with E-state index in [0.717, 1.165) is 11.1 Å². The number of anilines is 1. The zero-order chi connectivity index (χ0) is 24.4. The Kier molecular flexibility index (Phi) is 6.49. The molecule has 0 aliphatic carbocycles. The molecule has 10 nitrogen and oxygen atoms in total. The molecular formula is C24H28N6O4. The van der Waals surface area contributed by atoms with E-state index in [1.807, 2.05) is 38.3 Å². The van der Waals surface area contributed by atoms with Gasteiger partial charge in [-0.25, -0.2) is 9.78 Å². The Bertz CT molecular complexity index is 1220. The van der Waals surface area contributed by atoms with Gasteiger partial charge in [0.2, 0.25) is 0 Å². The van der Waals surface area contributed by atoms with Gasteiger partial charge in [-0.15, -0.1) is 10.2 Å². The Labute approximate surface area is 197 Å². The SMILES string of the molecule is COc1cc2c(cc1C(=O)Nc1cccc(-c3nncn3C(C)C)n1)CN(C(=O)OC(C)C)C2. The molecule has 178 valence electrons. The van der Waals surface area contributed by atoms with E-state index >= 15 is 0 Å². The molecule has 0 bridgehead atoms. The van der Waals surface area contributed by atoms with Crippen LogP contribution in [0.5, 0.6) is 5.75 Å². The van der Waals surface area contributed by atoms with E-state index < -0.39 is 0 Å². The molecule has 0 radical (unpaired) electrons. The molecule has 0 fully saturated rings. The summed E-state index contributed by atoms with van der Waals surface area (Å²) in [6.07, 6.45) is 1.07. The second-order valence-electron chi connectivity index (χ2n) is 8.63. The maximum Gasteiger partial charge on any atom is 0.410 e. The summed E-state index contributed by atoms with van der Waals surface area (Å²) >= 11 is 0. The minimum Gasteiger partial charge on any atom is -0.496 e. The number of pyridine rings is 1. The van der Waals surface area contributed by atoms with Gasteiger partial charge in [0.1, 0.15) is 23.6 Å². The van der Waals surface area contributed by atoms with Gasteiger partial charge in [-0.3, -0.25) is 9.69 Å². The number of benzene rings is 1. The number of amides is 2. The predicted molar refractivity (Wildman–Crippen MR) is 125 cm³/mol. The molecule has 0 saturated carbocycles. The molecule has 1 N–H and O–H groups in total. The van der Waals surface area contributed by atoms with E-state index in [0.29, 0.717) is 41.7 Å². The van der Waals surface area contributed by atoms with Crippen LogP contribution in [0.2, 0.25) is 0 Å². The van der Waals surface area contributed by atoms with Gasteiger partial charge in [0, 0.05) is 19.1 Å². The summed E-state index contributed by atoms with van der Waals surface area (Å²) in [5.74, 6) is 1.06. The van der Waals surface area contributed by atoms with Crippen LogP contribution >= 0.6 is 0 Å². The first-order valence-corrected chi connectivity index (χ1v) is 11.1. The van der Waals surface area contributed by atoms with E-state index in [2.05, 4.69) is 20.5 Å².